The first-order valence-electron chi connectivity index (χ1n) is 11.0. The molecule has 0 saturated heterocycles. The summed E-state index contributed by atoms with van der Waals surface area (Å²) in [5.41, 5.74) is 3.10. The third kappa shape index (κ3) is 5.32. The Morgan fingerprint density at radius 2 is 1.57 bits per heavy atom. The van der Waals surface area contributed by atoms with Gasteiger partial charge in [-0.05, 0) is 30.3 Å². The monoisotopic (exact) mass is 509 g/mol. The van der Waals surface area contributed by atoms with Crippen LogP contribution in [0.3, 0.4) is 0 Å². The topological polar surface area (TPSA) is 82.0 Å². The van der Waals surface area contributed by atoms with E-state index < -0.39 is 17.6 Å². The van der Waals surface area contributed by atoms with Gasteiger partial charge in [0.25, 0.3) is 5.91 Å². The van der Waals surface area contributed by atoms with E-state index in [4.69, 9.17) is 14.2 Å². The number of nitrogens with zero attached hydrogens (tertiary/aromatic N) is 2. The number of fused-ring (bicyclic) bond motifs is 1. The molecule has 0 fully saturated rings. The molecule has 190 valence electrons. The fourth-order valence-electron chi connectivity index (χ4n) is 3.83. The van der Waals surface area contributed by atoms with Gasteiger partial charge in [-0.15, -0.1) is 0 Å². The van der Waals surface area contributed by atoms with Crippen LogP contribution < -0.4 is 19.6 Å². The summed E-state index contributed by atoms with van der Waals surface area (Å²) < 4.78 is 56.0. The second kappa shape index (κ2) is 10.6. The standard InChI is InChI=1S/C27H22F3N3O4/c1-35-23-12-17(13-24(36-2)25(23)37-3)22-14-19(18-9-5-7-11-21(18)32-22)26(34)33-31-15-16-8-4-6-10-20(16)27(28,29)30/h4-15H,1-3H3,(H,33,34)/b31-15-. The van der Waals surface area contributed by atoms with Crippen molar-refractivity contribution in [3.63, 3.8) is 0 Å². The van der Waals surface area contributed by atoms with E-state index in [1.807, 2.05) is 0 Å². The van der Waals surface area contributed by atoms with E-state index >= 15 is 0 Å². The van der Waals surface area contributed by atoms with Crippen LogP contribution in [-0.4, -0.2) is 38.4 Å². The largest absolute Gasteiger partial charge is 0.493 e. The van der Waals surface area contributed by atoms with Crippen LogP contribution in [0.15, 0.2) is 71.8 Å². The molecule has 0 aliphatic rings. The number of carbonyl (C=O) groups excluding carboxylic acids is 1. The molecular weight excluding hydrogens is 487 g/mol. The van der Waals surface area contributed by atoms with Crippen LogP contribution in [0, 0.1) is 0 Å². The van der Waals surface area contributed by atoms with Gasteiger partial charge >= 0.3 is 6.18 Å². The quantitative estimate of drug-likeness (QED) is 0.255. The van der Waals surface area contributed by atoms with Crippen LogP contribution in [0.4, 0.5) is 13.2 Å². The number of benzene rings is 3. The number of para-hydroxylation sites is 1. The Morgan fingerprint density at radius 1 is 0.919 bits per heavy atom. The molecule has 0 saturated carbocycles. The number of hydrogen-bond acceptors (Lipinski definition) is 6. The number of pyridine rings is 1. The fraction of sp³-hybridized carbons (Fsp3) is 0.148. The van der Waals surface area contributed by atoms with Crippen LogP contribution >= 0.6 is 0 Å². The van der Waals surface area contributed by atoms with Crippen LogP contribution in [-0.2, 0) is 6.18 Å². The highest BCUT2D eigenvalue weighted by Crippen LogP contribution is 2.41. The lowest BCUT2D eigenvalue weighted by atomic mass is 10.0. The number of halogens is 3. The molecule has 7 nitrogen and oxygen atoms in total. The zero-order chi connectivity index (χ0) is 26.6. The maximum Gasteiger partial charge on any atom is 0.417 e. The number of carbonyl (C=O) groups is 1. The van der Waals surface area contributed by atoms with Crippen molar-refractivity contribution in [3.8, 4) is 28.5 Å². The third-order valence-electron chi connectivity index (χ3n) is 5.56. The van der Waals surface area contributed by atoms with Gasteiger partial charge in [-0.1, -0.05) is 36.4 Å². The highest BCUT2D eigenvalue weighted by atomic mass is 19.4. The Hall–Kier alpha value is -4.60. The van der Waals surface area contributed by atoms with Crippen LogP contribution in [0.1, 0.15) is 21.5 Å². The zero-order valence-electron chi connectivity index (χ0n) is 20.1. The molecule has 1 N–H and O–H groups in total. The number of amides is 1. The second-order valence-corrected chi connectivity index (χ2v) is 7.77. The maximum atomic E-state index is 13.3. The number of aromatic nitrogens is 1. The number of methoxy groups -OCH3 is 3. The summed E-state index contributed by atoms with van der Waals surface area (Å²) in [6.45, 7) is 0. The van der Waals surface area contributed by atoms with Gasteiger partial charge in [-0.3, -0.25) is 4.79 Å². The number of alkyl halides is 3. The van der Waals surface area contributed by atoms with Crippen molar-refractivity contribution >= 4 is 23.0 Å². The van der Waals surface area contributed by atoms with Crippen molar-refractivity contribution in [3.05, 3.63) is 83.4 Å². The van der Waals surface area contributed by atoms with Gasteiger partial charge in [0.15, 0.2) is 11.5 Å². The molecule has 0 spiro atoms. The minimum absolute atomic E-state index is 0.173. The van der Waals surface area contributed by atoms with Gasteiger partial charge < -0.3 is 14.2 Å². The lowest BCUT2D eigenvalue weighted by Crippen LogP contribution is -2.19. The molecule has 4 aromatic rings. The lowest BCUT2D eigenvalue weighted by Gasteiger charge is -2.15. The molecule has 0 atom stereocenters. The Labute approximate surface area is 210 Å². The molecular formula is C27H22F3N3O4. The second-order valence-electron chi connectivity index (χ2n) is 7.77. The number of ether oxygens (including phenoxy) is 3. The smallest absolute Gasteiger partial charge is 0.417 e. The Bertz CT molecular complexity index is 1460. The fourth-order valence-corrected chi connectivity index (χ4v) is 3.83. The molecule has 0 aliphatic carbocycles. The van der Waals surface area contributed by atoms with E-state index in [2.05, 4.69) is 15.5 Å². The van der Waals surface area contributed by atoms with E-state index in [1.54, 1.807) is 42.5 Å². The maximum absolute atomic E-state index is 13.3. The van der Waals surface area contributed by atoms with Crippen molar-refractivity contribution in [1.82, 2.24) is 10.4 Å². The summed E-state index contributed by atoms with van der Waals surface area (Å²) in [5, 5.41) is 4.32. The highest BCUT2D eigenvalue weighted by Gasteiger charge is 2.32. The minimum Gasteiger partial charge on any atom is -0.493 e. The summed E-state index contributed by atoms with van der Waals surface area (Å²) in [7, 11) is 4.47. The van der Waals surface area contributed by atoms with Crippen LogP contribution in [0.25, 0.3) is 22.2 Å². The molecule has 0 aliphatic heterocycles. The van der Waals surface area contributed by atoms with Crippen molar-refractivity contribution < 1.29 is 32.2 Å². The van der Waals surface area contributed by atoms with Crippen LogP contribution in [0.5, 0.6) is 17.2 Å². The Balaban J connectivity index is 1.73. The molecule has 4 rings (SSSR count). The van der Waals surface area contributed by atoms with Gasteiger partial charge in [0.1, 0.15) is 0 Å². The highest BCUT2D eigenvalue weighted by molar-refractivity contribution is 6.07. The van der Waals surface area contributed by atoms with Crippen molar-refractivity contribution in [1.29, 1.82) is 0 Å². The predicted molar refractivity (Wildman–Crippen MR) is 133 cm³/mol. The predicted octanol–water partition coefficient (Wildman–Crippen LogP) is 5.71. The first-order chi connectivity index (χ1) is 17.8. The van der Waals surface area contributed by atoms with E-state index in [0.29, 0.717) is 39.4 Å². The minimum atomic E-state index is -4.55. The average molecular weight is 509 g/mol. The average Bonchev–Trinajstić information content (AvgIpc) is 2.91. The Kier molecular flexibility index (Phi) is 7.28. The van der Waals surface area contributed by atoms with Crippen molar-refractivity contribution in [2.75, 3.05) is 21.3 Å². The first kappa shape index (κ1) is 25.5. The van der Waals surface area contributed by atoms with Crippen molar-refractivity contribution in [2.45, 2.75) is 6.18 Å². The van der Waals surface area contributed by atoms with E-state index in [-0.39, 0.29) is 11.1 Å². The number of hydrazone groups is 1. The lowest BCUT2D eigenvalue weighted by molar-refractivity contribution is -0.137. The van der Waals surface area contributed by atoms with Gasteiger partial charge in [-0.2, -0.15) is 18.3 Å². The van der Waals surface area contributed by atoms with Gasteiger partial charge in [0, 0.05) is 16.5 Å². The molecule has 10 heteroatoms. The first-order valence-corrected chi connectivity index (χ1v) is 11.0. The van der Waals surface area contributed by atoms with E-state index in [0.717, 1.165) is 12.3 Å². The van der Waals surface area contributed by atoms with Gasteiger partial charge in [0.2, 0.25) is 5.75 Å². The summed E-state index contributed by atoms with van der Waals surface area (Å²) in [4.78, 5) is 17.8. The molecule has 1 heterocycles. The van der Waals surface area contributed by atoms with Crippen LogP contribution in [0.2, 0.25) is 0 Å². The molecule has 1 amide bonds. The Morgan fingerprint density at radius 3 is 2.22 bits per heavy atom. The zero-order valence-corrected chi connectivity index (χ0v) is 20.1. The summed E-state index contributed by atoms with van der Waals surface area (Å²) in [6, 6.07) is 16.9. The number of nitrogens with one attached hydrogen (secondary N) is 1. The summed E-state index contributed by atoms with van der Waals surface area (Å²) >= 11 is 0. The SMILES string of the molecule is COc1cc(-c2cc(C(=O)N/N=C\c3ccccc3C(F)(F)F)c3ccccc3n2)cc(OC)c1OC. The molecule has 3 aromatic carbocycles. The summed E-state index contributed by atoms with van der Waals surface area (Å²) in [5.74, 6) is 0.602. The van der Waals surface area contributed by atoms with Gasteiger partial charge in [-0.25, -0.2) is 10.4 Å². The summed E-state index contributed by atoms with van der Waals surface area (Å²) in [6.07, 6.45) is -3.59. The van der Waals surface area contributed by atoms with E-state index in [9.17, 15) is 18.0 Å². The third-order valence-corrected chi connectivity index (χ3v) is 5.56. The normalized spacial score (nSPS) is 11.5. The molecule has 1 aromatic heterocycles. The molecule has 0 radical (unpaired) electrons. The molecule has 0 bridgehead atoms. The van der Waals surface area contributed by atoms with Gasteiger partial charge in [0.05, 0.1) is 49.9 Å². The number of hydrogen-bond donors (Lipinski definition) is 1. The number of rotatable bonds is 7. The van der Waals surface area contributed by atoms with Crippen molar-refractivity contribution in [2.24, 2.45) is 5.10 Å². The van der Waals surface area contributed by atoms with E-state index in [1.165, 1.54) is 39.5 Å². The molecule has 37 heavy (non-hydrogen) atoms. The molecule has 0 unspecified atom stereocenters.